The molecule has 0 atom stereocenters. The molecule has 0 bridgehead atoms. The molecule has 0 saturated heterocycles. The Morgan fingerprint density at radius 3 is 2.54 bits per heavy atom. The maximum atomic E-state index is 8.49. The molecule has 0 saturated carbocycles. The Hall–Kier alpha value is -1.46. The van der Waals surface area contributed by atoms with Crippen LogP contribution in [0.3, 0.4) is 0 Å². The molecule has 0 fully saturated rings. The van der Waals surface area contributed by atoms with Gasteiger partial charge in [-0.05, 0) is 17.7 Å². The lowest BCUT2D eigenvalue weighted by molar-refractivity contribution is 1.13. The van der Waals surface area contributed by atoms with Gasteiger partial charge in [0.15, 0.2) is 0 Å². The second-order valence-corrected chi connectivity index (χ2v) is 2.88. The number of benzene rings is 1. The fourth-order valence-electron chi connectivity index (χ4n) is 0.994. The molecule has 3 heteroatoms. The summed E-state index contributed by atoms with van der Waals surface area (Å²) in [6.45, 7) is 0. The number of hydrogen-bond acceptors (Lipinski definition) is 2. The molecule has 2 nitrogen and oxygen atoms in total. The Labute approximate surface area is 82.4 Å². The minimum absolute atomic E-state index is 0.691. The van der Waals surface area contributed by atoms with E-state index in [1.54, 1.807) is 19.2 Å². The second kappa shape index (κ2) is 4.54. The van der Waals surface area contributed by atoms with Crippen LogP contribution < -0.4 is 5.32 Å². The Kier molecular flexibility index (Phi) is 3.36. The highest BCUT2D eigenvalue weighted by atomic mass is 35.5. The standard InChI is InChI=1S/C10H9ClN2/c1-13-10(6-7-12)8-2-4-9(11)5-3-8/h2-6,13H,1H3. The first-order chi connectivity index (χ1) is 6.27. The normalized spacial score (nSPS) is 10.7. The Bertz CT molecular complexity index is 346. The quantitative estimate of drug-likeness (QED) is 0.731. The SMILES string of the molecule is CNC(=CC#N)c1ccc(Cl)cc1. The first-order valence-corrected chi connectivity index (χ1v) is 4.19. The largest absolute Gasteiger partial charge is 0.387 e. The van der Waals surface area contributed by atoms with Gasteiger partial charge in [-0.2, -0.15) is 5.26 Å². The summed E-state index contributed by atoms with van der Waals surface area (Å²) in [5.41, 5.74) is 1.74. The molecule has 0 aliphatic rings. The van der Waals surface area contributed by atoms with Crippen LogP contribution in [0.25, 0.3) is 5.70 Å². The van der Waals surface area contributed by atoms with Crippen molar-refractivity contribution in [2.75, 3.05) is 7.05 Å². The van der Waals surface area contributed by atoms with Gasteiger partial charge in [0.1, 0.15) is 0 Å². The molecular formula is C10H9ClN2. The molecule has 0 radical (unpaired) electrons. The van der Waals surface area contributed by atoms with Crippen LogP contribution in [0.2, 0.25) is 5.02 Å². The molecule has 1 rings (SSSR count). The van der Waals surface area contributed by atoms with Crippen molar-refractivity contribution < 1.29 is 0 Å². The van der Waals surface area contributed by atoms with E-state index < -0.39 is 0 Å². The number of hydrogen-bond donors (Lipinski definition) is 1. The Morgan fingerprint density at radius 1 is 1.46 bits per heavy atom. The van der Waals surface area contributed by atoms with E-state index in [9.17, 15) is 0 Å². The van der Waals surface area contributed by atoms with Crippen molar-refractivity contribution in [3.63, 3.8) is 0 Å². The summed E-state index contributed by atoms with van der Waals surface area (Å²) in [5, 5.41) is 12.1. The van der Waals surface area contributed by atoms with Gasteiger partial charge >= 0.3 is 0 Å². The highest BCUT2D eigenvalue weighted by molar-refractivity contribution is 6.30. The molecule has 0 aliphatic heterocycles. The lowest BCUT2D eigenvalue weighted by atomic mass is 10.1. The van der Waals surface area contributed by atoms with Crippen LogP contribution in [0.4, 0.5) is 0 Å². The highest BCUT2D eigenvalue weighted by Crippen LogP contribution is 2.14. The fourth-order valence-corrected chi connectivity index (χ4v) is 1.12. The van der Waals surface area contributed by atoms with Gasteiger partial charge in [-0.25, -0.2) is 0 Å². The summed E-state index contributed by atoms with van der Waals surface area (Å²) in [4.78, 5) is 0. The van der Waals surface area contributed by atoms with Crippen LogP contribution in [-0.4, -0.2) is 7.05 Å². The monoisotopic (exact) mass is 192 g/mol. The Morgan fingerprint density at radius 2 is 2.08 bits per heavy atom. The molecule has 0 heterocycles. The number of halogens is 1. The minimum atomic E-state index is 0.691. The predicted molar refractivity (Wildman–Crippen MR) is 54.1 cm³/mol. The molecule has 66 valence electrons. The smallest absolute Gasteiger partial charge is 0.0933 e. The van der Waals surface area contributed by atoms with Gasteiger partial charge < -0.3 is 5.32 Å². The van der Waals surface area contributed by atoms with E-state index in [0.29, 0.717) is 5.02 Å². The van der Waals surface area contributed by atoms with E-state index in [-0.39, 0.29) is 0 Å². The summed E-state index contributed by atoms with van der Waals surface area (Å²) in [5.74, 6) is 0. The van der Waals surface area contributed by atoms with Crippen molar-refractivity contribution in [1.29, 1.82) is 5.26 Å². The molecule has 1 N–H and O–H groups in total. The van der Waals surface area contributed by atoms with Crippen LogP contribution in [-0.2, 0) is 0 Å². The molecule has 1 aromatic rings. The minimum Gasteiger partial charge on any atom is -0.387 e. The zero-order chi connectivity index (χ0) is 9.68. The number of nitrogens with one attached hydrogen (secondary N) is 1. The van der Waals surface area contributed by atoms with Crippen molar-refractivity contribution in [3.8, 4) is 6.07 Å². The average molecular weight is 193 g/mol. The van der Waals surface area contributed by atoms with Gasteiger partial charge in [-0.15, -0.1) is 0 Å². The van der Waals surface area contributed by atoms with E-state index in [0.717, 1.165) is 11.3 Å². The molecule has 0 spiro atoms. The maximum absolute atomic E-state index is 8.49. The third kappa shape index (κ3) is 2.50. The first kappa shape index (κ1) is 9.63. The van der Waals surface area contributed by atoms with Crippen molar-refractivity contribution >= 4 is 17.3 Å². The Balaban J connectivity index is 3.01. The summed E-state index contributed by atoms with van der Waals surface area (Å²) < 4.78 is 0. The van der Waals surface area contributed by atoms with Crippen molar-refractivity contribution in [2.24, 2.45) is 0 Å². The lowest BCUT2D eigenvalue weighted by Gasteiger charge is -2.04. The van der Waals surface area contributed by atoms with E-state index in [4.69, 9.17) is 16.9 Å². The molecule has 13 heavy (non-hydrogen) atoms. The third-order valence-electron chi connectivity index (χ3n) is 1.63. The van der Waals surface area contributed by atoms with E-state index in [2.05, 4.69) is 5.32 Å². The topological polar surface area (TPSA) is 35.8 Å². The summed E-state index contributed by atoms with van der Waals surface area (Å²) in [6.07, 6.45) is 1.46. The molecular weight excluding hydrogens is 184 g/mol. The summed E-state index contributed by atoms with van der Waals surface area (Å²) in [6, 6.07) is 9.28. The van der Waals surface area contributed by atoms with E-state index in [1.807, 2.05) is 18.2 Å². The maximum Gasteiger partial charge on any atom is 0.0933 e. The number of allylic oxidation sites excluding steroid dienone is 1. The van der Waals surface area contributed by atoms with Crippen LogP contribution in [0.15, 0.2) is 30.3 Å². The van der Waals surface area contributed by atoms with Crippen molar-refractivity contribution in [2.45, 2.75) is 0 Å². The number of rotatable bonds is 2. The van der Waals surface area contributed by atoms with Crippen LogP contribution in [0.1, 0.15) is 5.56 Å². The molecule has 0 aromatic heterocycles. The van der Waals surface area contributed by atoms with Gasteiger partial charge in [0.25, 0.3) is 0 Å². The van der Waals surface area contributed by atoms with Gasteiger partial charge in [-0.3, -0.25) is 0 Å². The zero-order valence-corrected chi connectivity index (χ0v) is 7.97. The molecule has 0 aliphatic carbocycles. The molecule has 0 amide bonds. The first-order valence-electron chi connectivity index (χ1n) is 3.81. The van der Waals surface area contributed by atoms with Gasteiger partial charge in [0, 0.05) is 18.1 Å². The van der Waals surface area contributed by atoms with Crippen LogP contribution in [0.5, 0.6) is 0 Å². The van der Waals surface area contributed by atoms with Gasteiger partial charge in [0.2, 0.25) is 0 Å². The van der Waals surface area contributed by atoms with Crippen molar-refractivity contribution in [1.82, 2.24) is 5.32 Å². The van der Waals surface area contributed by atoms with Crippen LogP contribution in [0, 0.1) is 11.3 Å². The summed E-state index contributed by atoms with van der Waals surface area (Å²) >= 11 is 5.73. The number of nitriles is 1. The third-order valence-corrected chi connectivity index (χ3v) is 1.89. The van der Waals surface area contributed by atoms with Crippen molar-refractivity contribution in [3.05, 3.63) is 40.9 Å². The van der Waals surface area contributed by atoms with Gasteiger partial charge in [-0.1, -0.05) is 23.7 Å². The molecule has 0 unspecified atom stereocenters. The van der Waals surface area contributed by atoms with Crippen LogP contribution >= 0.6 is 11.6 Å². The van der Waals surface area contributed by atoms with E-state index in [1.165, 1.54) is 6.08 Å². The number of nitrogens with zero attached hydrogens (tertiary/aromatic N) is 1. The second-order valence-electron chi connectivity index (χ2n) is 2.44. The van der Waals surface area contributed by atoms with Gasteiger partial charge in [0.05, 0.1) is 11.8 Å². The average Bonchev–Trinajstić information content (AvgIpc) is 2.16. The molecule has 1 aromatic carbocycles. The predicted octanol–water partition coefficient (Wildman–Crippen LogP) is 2.42. The lowest BCUT2D eigenvalue weighted by Crippen LogP contribution is -2.03. The highest BCUT2D eigenvalue weighted by Gasteiger charge is 1.97. The van der Waals surface area contributed by atoms with E-state index >= 15 is 0 Å². The summed E-state index contributed by atoms with van der Waals surface area (Å²) in [7, 11) is 1.78. The fraction of sp³-hybridized carbons (Fsp3) is 0.100. The zero-order valence-electron chi connectivity index (χ0n) is 7.21.